The van der Waals surface area contributed by atoms with Crippen LogP contribution in [0.3, 0.4) is 0 Å². The normalized spacial score (nSPS) is 11.2. The summed E-state index contributed by atoms with van der Waals surface area (Å²) in [5, 5.41) is 13.0. The molecule has 0 saturated heterocycles. The number of thioether (sulfide) groups is 1. The second kappa shape index (κ2) is 9.98. The number of amides is 1. The molecule has 0 aliphatic carbocycles. The summed E-state index contributed by atoms with van der Waals surface area (Å²) in [5.41, 5.74) is 1.04. The van der Waals surface area contributed by atoms with Crippen molar-refractivity contribution in [2.24, 2.45) is 0 Å². The molecule has 2 aromatic carbocycles. The number of benzene rings is 2. The Hall–Kier alpha value is -3.15. The van der Waals surface area contributed by atoms with E-state index in [4.69, 9.17) is 4.42 Å². The molecule has 8 nitrogen and oxygen atoms in total. The summed E-state index contributed by atoms with van der Waals surface area (Å²) in [4.78, 5) is 13.2. The van der Waals surface area contributed by atoms with Crippen LogP contribution in [0.15, 0.2) is 86.6 Å². The van der Waals surface area contributed by atoms with Gasteiger partial charge >= 0.3 is 0 Å². The van der Waals surface area contributed by atoms with Crippen molar-refractivity contribution in [2.45, 2.75) is 16.7 Å². The molecule has 2 N–H and O–H groups in total. The molecular weight excluding hydrogens is 468 g/mol. The molecule has 0 radical (unpaired) electrons. The Morgan fingerprint density at radius 2 is 1.78 bits per heavy atom. The molecule has 0 bridgehead atoms. The van der Waals surface area contributed by atoms with Crippen LogP contribution < -0.4 is 10.0 Å². The van der Waals surface area contributed by atoms with Gasteiger partial charge in [-0.3, -0.25) is 9.52 Å². The Morgan fingerprint density at radius 1 is 1.00 bits per heavy atom. The summed E-state index contributed by atoms with van der Waals surface area (Å²) < 4.78 is 33.0. The minimum absolute atomic E-state index is 0.127. The minimum Gasteiger partial charge on any atom is -0.411 e. The molecular formula is C21H18N4O4S3. The molecule has 0 atom stereocenters. The molecule has 0 spiro atoms. The monoisotopic (exact) mass is 486 g/mol. The van der Waals surface area contributed by atoms with Crippen molar-refractivity contribution in [1.82, 2.24) is 15.5 Å². The zero-order chi connectivity index (χ0) is 22.4. The van der Waals surface area contributed by atoms with E-state index in [2.05, 4.69) is 20.2 Å². The number of nitrogens with zero attached hydrogens (tertiary/aromatic N) is 2. The van der Waals surface area contributed by atoms with Gasteiger partial charge in [0, 0.05) is 16.1 Å². The van der Waals surface area contributed by atoms with E-state index >= 15 is 0 Å². The highest BCUT2D eigenvalue weighted by Crippen LogP contribution is 2.25. The number of carbonyl (C=O) groups is 1. The molecule has 11 heteroatoms. The number of hydrogen-bond acceptors (Lipinski definition) is 8. The average Bonchev–Trinajstić information content (AvgIpc) is 3.49. The van der Waals surface area contributed by atoms with E-state index in [1.54, 1.807) is 53.8 Å². The van der Waals surface area contributed by atoms with Gasteiger partial charge in [-0.2, -0.15) is 0 Å². The van der Waals surface area contributed by atoms with Gasteiger partial charge in [-0.05, 0) is 47.8 Å². The summed E-state index contributed by atoms with van der Waals surface area (Å²) in [6.07, 6.45) is 0. The van der Waals surface area contributed by atoms with Gasteiger partial charge in [0.05, 0.1) is 17.2 Å². The fourth-order valence-electron chi connectivity index (χ4n) is 2.66. The Morgan fingerprint density at radius 3 is 2.50 bits per heavy atom. The first-order valence-corrected chi connectivity index (χ1v) is 12.8. The summed E-state index contributed by atoms with van der Waals surface area (Å²) in [6, 6.07) is 18.6. The van der Waals surface area contributed by atoms with Crippen LogP contribution in [0, 0.1) is 0 Å². The van der Waals surface area contributed by atoms with Crippen molar-refractivity contribution < 1.29 is 17.6 Å². The van der Waals surface area contributed by atoms with E-state index in [-0.39, 0.29) is 27.7 Å². The molecule has 1 amide bonds. The lowest BCUT2D eigenvalue weighted by Gasteiger charge is -2.08. The van der Waals surface area contributed by atoms with Crippen LogP contribution in [0.4, 0.5) is 5.69 Å². The van der Waals surface area contributed by atoms with Gasteiger partial charge < -0.3 is 9.73 Å². The van der Waals surface area contributed by atoms with E-state index < -0.39 is 10.0 Å². The van der Waals surface area contributed by atoms with Crippen LogP contribution in [0.25, 0.3) is 11.5 Å². The molecule has 0 unspecified atom stereocenters. The highest BCUT2D eigenvalue weighted by atomic mass is 32.2. The first-order valence-electron chi connectivity index (χ1n) is 9.43. The predicted octanol–water partition coefficient (Wildman–Crippen LogP) is 4.01. The molecule has 2 aromatic heterocycles. The third kappa shape index (κ3) is 5.75. The van der Waals surface area contributed by atoms with Crippen LogP contribution in [-0.2, 0) is 21.4 Å². The first kappa shape index (κ1) is 22.1. The molecule has 32 heavy (non-hydrogen) atoms. The van der Waals surface area contributed by atoms with E-state index in [0.29, 0.717) is 17.8 Å². The largest absolute Gasteiger partial charge is 0.411 e. The third-order valence-corrected chi connectivity index (χ3v) is 7.30. The van der Waals surface area contributed by atoms with Gasteiger partial charge in [0.1, 0.15) is 0 Å². The van der Waals surface area contributed by atoms with Crippen molar-refractivity contribution in [1.29, 1.82) is 0 Å². The fourth-order valence-corrected chi connectivity index (χ4v) is 4.97. The van der Waals surface area contributed by atoms with Gasteiger partial charge in [0.2, 0.25) is 11.8 Å². The fraction of sp³-hybridized carbons (Fsp3) is 0.0952. The van der Waals surface area contributed by atoms with E-state index in [1.807, 2.05) is 17.5 Å². The second-order valence-corrected chi connectivity index (χ2v) is 10.2. The lowest BCUT2D eigenvalue weighted by molar-refractivity contribution is -0.118. The Bertz CT molecular complexity index is 1270. The molecule has 4 rings (SSSR count). The third-order valence-electron chi connectivity index (χ3n) is 4.21. The highest BCUT2D eigenvalue weighted by Gasteiger charge is 2.15. The Labute approximate surface area is 193 Å². The van der Waals surface area contributed by atoms with Crippen molar-refractivity contribution in [3.63, 3.8) is 0 Å². The van der Waals surface area contributed by atoms with E-state index in [1.165, 1.54) is 12.1 Å². The molecule has 0 fully saturated rings. The van der Waals surface area contributed by atoms with Gasteiger partial charge in [0.25, 0.3) is 15.2 Å². The van der Waals surface area contributed by atoms with Gasteiger partial charge in [-0.15, -0.1) is 21.5 Å². The second-order valence-electron chi connectivity index (χ2n) is 6.51. The number of hydrogen-bond donors (Lipinski definition) is 2. The summed E-state index contributed by atoms with van der Waals surface area (Å²) >= 11 is 2.73. The predicted molar refractivity (Wildman–Crippen MR) is 124 cm³/mol. The molecule has 4 aromatic rings. The van der Waals surface area contributed by atoms with Gasteiger partial charge in [-0.25, -0.2) is 8.42 Å². The Kier molecular flexibility index (Phi) is 6.88. The number of sulfonamides is 1. The first-order chi connectivity index (χ1) is 15.5. The number of rotatable bonds is 9. The van der Waals surface area contributed by atoms with Gasteiger partial charge in [0.15, 0.2) is 0 Å². The number of anilines is 1. The maximum atomic E-state index is 12.4. The van der Waals surface area contributed by atoms with Crippen molar-refractivity contribution >= 4 is 44.7 Å². The highest BCUT2D eigenvalue weighted by molar-refractivity contribution is 7.99. The van der Waals surface area contributed by atoms with E-state index in [0.717, 1.165) is 16.6 Å². The van der Waals surface area contributed by atoms with E-state index in [9.17, 15) is 13.2 Å². The molecule has 164 valence electrons. The number of nitrogens with one attached hydrogen (secondary N) is 2. The molecule has 0 aliphatic heterocycles. The van der Waals surface area contributed by atoms with Crippen LogP contribution in [0.5, 0.6) is 0 Å². The summed E-state index contributed by atoms with van der Waals surface area (Å²) in [5.74, 6) is 0.315. The quantitative estimate of drug-likeness (QED) is 0.344. The number of thiophene rings is 1. The summed E-state index contributed by atoms with van der Waals surface area (Å²) in [6.45, 7) is 0.493. The minimum atomic E-state index is -3.66. The standard InChI is InChI=1S/C21H18N4O4S3/c26-19(22-13-17-5-4-12-30-17)14-31-21-24-23-20(29-21)15-8-10-16(11-9-15)25-32(27,28)18-6-2-1-3-7-18/h1-12,25H,13-14H2,(H,22,26). The number of aromatic nitrogens is 2. The van der Waals surface area contributed by atoms with Crippen molar-refractivity contribution in [3.05, 3.63) is 77.0 Å². The lowest BCUT2D eigenvalue weighted by atomic mass is 10.2. The average molecular weight is 487 g/mol. The SMILES string of the molecule is O=C(CSc1nnc(-c2ccc(NS(=O)(=O)c3ccccc3)cc2)o1)NCc1cccs1. The van der Waals surface area contributed by atoms with Crippen LogP contribution >= 0.6 is 23.1 Å². The van der Waals surface area contributed by atoms with Crippen LogP contribution in [-0.4, -0.2) is 30.3 Å². The number of carbonyl (C=O) groups excluding carboxylic acids is 1. The zero-order valence-corrected chi connectivity index (χ0v) is 19.0. The Balaban J connectivity index is 1.32. The maximum Gasteiger partial charge on any atom is 0.277 e. The maximum absolute atomic E-state index is 12.4. The lowest BCUT2D eigenvalue weighted by Crippen LogP contribution is -2.24. The molecule has 0 saturated carbocycles. The van der Waals surface area contributed by atoms with Crippen molar-refractivity contribution in [2.75, 3.05) is 10.5 Å². The molecule has 2 heterocycles. The topological polar surface area (TPSA) is 114 Å². The zero-order valence-electron chi connectivity index (χ0n) is 16.6. The van der Waals surface area contributed by atoms with Crippen LogP contribution in [0.1, 0.15) is 4.88 Å². The van der Waals surface area contributed by atoms with Crippen LogP contribution in [0.2, 0.25) is 0 Å². The smallest absolute Gasteiger partial charge is 0.277 e. The molecule has 0 aliphatic rings. The van der Waals surface area contributed by atoms with Crippen molar-refractivity contribution in [3.8, 4) is 11.5 Å². The van der Waals surface area contributed by atoms with Gasteiger partial charge in [-0.1, -0.05) is 36.0 Å². The summed E-state index contributed by atoms with van der Waals surface area (Å²) in [7, 11) is -3.66.